The summed E-state index contributed by atoms with van der Waals surface area (Å²) >= 11 is 0. The van der Waals surface area contributed by atoms with E-state index in [9.17, 15) is 9.59 Å². The third kappa shape index (κ3) is 4.18. The summed E-state index contributed by atoms with van der Waals surface area (Å²) in [7, 11) is 0. The van der Waals surface area contributed by atoms with Gasteiger partial charge in [-0.25, -0.2) is 0 Å². The lowest BCUT2D eigenvalue weighted by Crippen LogP contribution is -2.44. The minimum Gasteiger partial charge on any atom is -0.340 e. The van der Waals surface area contributed by atoms with Crippen molar-refractivity contribution in [3.8, 4) is 0 Å². The summed E-state index contributed by atoms with van der Waals surface area (Å²) in [4.78, 5) is 29.5. The highest BCUT2D eigenvalue weighted by atomic mass is 16.5. The molecular formula is C20H26N4O3. The Hall–Kier alpha value is -2.70. The monoisotopic (exact) mass is 370 g/mol. The van der Waals surface area contributed by atoms with E-state index in [1.807, 2.05) is 20.8 Å². The lowest BCUT2D eigenvalue weighted by Gasteiger charge is -2.27. The molecule has 144 valence electrons. The number of rotatable bonds is 4. The van der Waals surface area contributed by atoms with Gasteiger partial charge in [-0.15, -0.1) is 0 Å². The summed E-state index contributed by atoms with van der Waals surface area (Å²) in [6.07, 6.45) is 3.54. The van der Waals surface area contributed by atoms with Crippen molar-refractivity contribution in [2.24, 2.45) is 5.41 Å². The number of amides is 2. The van der Waals surface area contributed by atoms with Gasteiger partial charge in [0.1, 0.15) is 5.54 Å². The first kappa shape index (κ1) is 19.1. The van der Waals surface area contributed by atoms with E-state index in [4.69, 9.17) is 4.52 Å². The number of aryl methyl sites for hydroxylation is 1. The van der Waals surface area contributed by atoms with Crippen LogP contribution in [0.25, 0.3) is 0 Å². The van der Waals surface area contributed by atoms with Crippen molar-refractivity contribution in [2.75, 3.05) is 5.32 Å². The fourth-order valence-corrected chi connectivity index (χ4v) is 3.22. The maximum atomic E-state index is 12.9. The van der Waals surface area contributed by atoms with Crippen LogP contribution in [0.15, 0.2) is 28.8 Å². The van der Waals surface area contributed by atoms with Crippen LogP contribution in [0.5, 0.6) is 0 Å². The molecule has 0 atom stereocenters. The van der Waals surface area contributed by atoms with E-state index >= 15 is 0 Å². The molecule has 0 bridgehead atoms. The lowest BCUT2D eigenvalue weighted by atomic mass is 9.95. The first-order valence-corrected chi connectivity index (χ1v) is 9.24. The first-order valence-electron chi connectivity index (χ1n) is 9.24. The average Bonchev–Trinajstić information content (AvgIpc) is 3.24. The molecule has 0 aliphatic heterocycles. The molecular weight excluding hydrogens is 344 g/mol. The Bertz CT molecular complexity index is 845. The van der Waals surface area contributed by atoms with Gasteiger partial charge in [0, 0.05) is 23.6 Å². The molecule has 1 aliphatic carbocycles. The van der Waals surface area contributed by atoms with Gasteiger partial charge in [-0.3, -0.25) is 9.59 Å². The largest absolute Gasteiger partial charge is 0.340 e. The number of aromatic nitrogens is 2. The Balaban J connectivity index is 1.79. The molecule has 2 aromatic rings. The van der Waals surface area contributed by atoms with Gasteiger partial charge in [0.2, 0.25) is 11.8 Å². The SMILES string of the molecule is Cc1nc(C2(NC(=O)c3cccc(NC(=O)C(C)(C)C)c3)CCCC2)no1. The number of carbonyl (C=O) groups is 2. The van der Waals surface area contributed by atoms with Crippen LogP contribution in [0.4, 0.5) is 5.69 Å². The molecule has 0 saturated heterocycles. The fraction of sp³-hybridized carbons (Fsp3) is 0.500. The van der Waals surface area contributed by atoms with Crippen LogP contribution in [-0.2, 0) is 10.3 Å². The molecule has 2 amide bonds. The standard InChI is InChI=1S/C20H26N4O3/c1-13-21-17(24-27-13)20(10-5-6-11-20)23-16(25)14-8-7-9-15(12-14)22-18(26)19(2,3)4/h7-9,12H,5-6,10-11H2,1-4H3,(H,22,26)(H,23,25). The van der Waals surface area contributed by atoms with Gasteiger partial charge in [-0.2, -0.15) is 4.98 Å². The quantitative estimate of drug-likeness (QED) is 0.858. The third-order valence-electron chi connectivity index (χ3n) is 4.83. The molecule has 1 fully saturated rings. The second-order valence-electron chi connectivity index (χ2n) is 8.17. The Labute approximate surface area is 158 Å². The molecule has 27 heavy (non-hydrogen) atoms. The van der Waals surface area contributed by atoms with Crippen molar-refractivity contribution < 1.29 is 14.1 Å². The van der Waals surface area contributed by atoms with Crippen molar-refractivity contribution >= 4 is 17.5 Å². The molecule has 3 rings (SSSR count). The minimum atomic E-state index is -0.598. The van der Waals surface area contributed by atoms with E-state index in [0.717, 1.165) is 25.7 Å². The Morgan fingerprint density at radius 1 is 1.19 bits per heavy atom. The van der Waals surface area contributed by atoms with Gasteiger partial charge in [0.05, 0.1) is 0 Å². The summed E-state index contributed by atoms with van der Waals surface area (Å²) in [6, 6.07) is 6.94. The highest BCUT2D eigenvalue weighted by Gasteiger charge is 2.41. The Kier molecular flexibility index (Phi) is 5.04. The van der Waals surface area contributed by atoms with Crippen molar-refractivity contribution in [1.82, 2.24) is 15.5 Å². The normalized spacial score (nSPS) is 16.1. The van der Waals surface area contributed by atoms with Crippen LogP contribution < -0.4 is 10.6 Å². The maximum absolute atomic E-state index is 12.9. The number of benzene rings is 1. The first-order chi connectivity index (χ1) is 12.7. The average molecular weight is 370 g/mol. The van der Waals surface area contributed by atoms with E-state index in [1.54, 1.807) is 31.2 Å². The number of hydrogen-bond donors (Lipinski definition) is 2. The van der Waals surface area contributed by atoms with Gasteiger partial charge in [0.15, 0.2) is 5.82 Å². The zero-order valence-electron chi connectivity index (χ0n) is 16.3. The van der Waals surface area contributed by atoms with Crippen molar-refractivity contribution in [1.29, 1.82) is 0 Å². The Morgan fingerprint density at radius 2 is 1.89 bits per heavy atom. The molecule has 0 radical (unpaired) electrons. The molecule has 7 nitrogen and oxygen atoms in total. The van der Waals surface area contributed by atoms with Gasteiger partial charge >= 0.3 is 0 Å². The zero-order valence-corrected chi connectivity index (χ0v) is 16.3. The van der Waals surface area contributed by atoms with Crippen LogP contribution >= 0.6 is 0 Å². The topological polar surface area (TPSA) is 97.1 Å². The predicted octanol–water partition coefficient (Wildman–Crippen LogP) is 3.56. The number of hydrogen-bond acceptors (Lipinski definition) is 5. The van der Waals surface area contributed by atoms with Crippen LogP contribution in [0, 0.1) is 12.3 Å². The van der Waals surface area contributed by atoms with Crippen LogP contribution in [0.1, 0.15) is 68.5 Å². The summed E-state index contributed by atoms with van der Waals surface area (Å²) in [6.45, 7) is 7.27. The smallest absolute Gasteiger partial charge is 0.252 e. The van der Waals surface area contributed by atoms with E-state index in [1.165, 1.54) is 0 Å². The molecule has 2 N–H and O–H groups in total. The third-order valence-corrected chi connectivity index (χ3v) is 4.83. The zero-order chi connectivity index (χ0) is 19.7. The molecule has 0 spiro atoms. The predicted molar refractivity (Wildman–Crippen MR) is 101 cm³/mol. The highest BCUT2D eigenvalue weighted by molar-refractivity contribution is 5.98. The molecule has 1 aliphatic rings. The second kappa shape index (κ2) is 7.13. The summed E-state index contributed by atoms with van der Waals surface area (Å²) in [5, 5.41) is 10.0. The van der Waals surface area contributed by atoms with Crippen LogP contribution in [0.3, 0.4) is 0 Å². The van der Waals surface area contributed by atoms with Crippen molar-refractivity contribution in [2.45, 2.75) is 58.9 Å². The minimum absolute atomic E-state index is 0.102. The highest BCUT2D eigenvalue weighted by Crippen LogP contribution is 2.37. The van der Waals surface area contributed by atoms with Crippen LogP contribution in [0.2, 0.25) is 0 Å². The van der Waals surface area contributed by atoms with E-state index < -0.39 is 11.0 Å². The molecule has 1 aromatic carbocycles. The summed E-state index contributed by atoms with van der Waals surface area (Å²) in [5.41, 5.74) is -0.0334. The number of nitrogens with zero attached hydrogens (tertiary/aromatic N) is 2. The van der Waals surface area contributed by atoms with E-state index in [-0.39, 0.29) is 11.8 Å². The molecule has 1 aromatic heterocycles. The van der Waals surface area contributed by atoms with Gasteiger partial charge in [-0.1, -0.05) is 44.8 Å². The van der Waals surface area contributed by atoms with Gasteiger partial charge in [0.25, 0.3) is 5.91 Å². The maximum Gasteiger partial charge on any atom is 0.252 e. The molecule has 7 heteroatoms. The molecule has 0 unspecified atom stereocenters. The van der Waals surface area contributed by atoms with Crippen molar-refractivity contribution in [3.63, 3.8) is 0 Å². The van der Waals surface area contributed by atoms with E-state index in [0.29, 0.717) is 23.0 Å². The number of nitrogens with one attached hydrogen (secondary N) is 2. The van der Waals surface area contributed by atoms with Crippen LogP contribution in [-0.4, -0.2) is 22.0 Å². The number of anilines is 1. The molecule has 1 saturated carbocycles. The summed E-state index contributed by atoms with van der Waals surface area (Å²) < 4.78 is 5.12. The van der Waals surface area contributed by atoms with Gasteiger partial charge in [-0.05, 0) is 31.0 Å². The fourth-order valence-electron chi connectivity index (χ4n) is 3.22. The van der Waals surface area contributed by atoms with Gasteiger partial charge < -0.3 is 15.2 Å². The lowest BCUT2D eigenvalue weighted by molar-refractivity contribution is -0.123. The Morgan fingerprint density at radius 3 is 2.48 bits per heavy atom. The summed E-state index contributed by atoms with van der Waals surface area (Å²) in [5.74, 6) is 0.696. The number of carbonyl (C=O) groups excluding carboxylic acids is 2. The van der Waals surface area contributed by atoms with Crippen molar-refractivity contribution in [3.05, 3.63) is 41.5 Å². The second-order valence-corrected chi connectivity index (χ2v) is 8.17. The molecule has 1 heterocycles. The van der Waals surface area contributed by atoms with E-state index in [2.05, 4.69) is 20.8 Å².